The fourth-order valence-electron chi connectivity index (χ4n) is 3.01. The lowest BCUT2D eigenvalue weighted by Crippen LogP contribution is -2.32. The van der Waals surface area contributed by atoms with Crippen LogP contribution in [0.15, 0.2) is 28.7 Å². The normalized spacial score (nSPS) is 19.9. The molecule has 0 unspecified atom stereocenters. The van der Waals surface area contributed by atoms with Crippen LogP contribution in [0.1, 0.15) is 44.1 Å². The molecule has 1 aromatic carbocycles. The number of nitrogens with two attached hydrogens (primary N) is 1. The zero-order chi connectivity index (χ0) is 12.1. The molecule has 0 amide bonds. The summed E-state index contributed by atoms with van der Waals surface area (Å²) < 4.78 is 1.18. The van der Waals surface area contributed by atoms with E-state index in [9.17, 15) is 0 Å². The average Bonchev–Trinajstić information content (AvgIpc) is 2.55. The van der Waals surface area contributed by atoms with Crippen molar-refractivity contribution >= 4 is 15.9 Å². The summed E-state index contributed by atoms with van der Waals surface area (Å²) in [6.07, 6.45) is 9.23. The van der Waals surface area contributed by atoms with Gasteiger partial charge in [0.15, 0.2) is 0 Å². The Morgan fingerprint density at radius 1 is 1.12 bits per heavy atom. The summed E-state index contributed by atoms with van der Waals surface area (Å²) >= 11 is 3.55. The van der Waals surface area contributed by atoms with Crippen molar-refractivity contribution in [3.05, 3.63) is 34.3 Å². The number of halogens is 1. The summed E-state index contributed by atoms with van der Waals surface area (Å²) in [5, 5.41) is 0. The molecule has 0 aromatic heterocycles. The topological polar surface area (TPSA) is 26.0 Å². The van der Waals surface area contributed by atoms with Crippen LogP contribution in [-0.2, 0) is 6.42 Å². The maximum atomic E-state index is 6.08. The fourth-order valence-corrected chi connectivity index (χ4v) is 3.46. The van der Waals surface area contributed by atoms with Crippen LogP contribution in [0.25, 0.3) is 0 Å². The van der Waals surface area contributed by atoms with Crippen LogP contribution in [-0.4, -0.2) is 6.54 Å². The summed E-state index contributed by atoms with van der Waals surface area (Å²) in [4.78, 5) is 0. The van der Waals surface area contributed by atoms with Gasteiger partial charge in [-0.25, -0.2) is 0 Å². The van der Waals surface area contributed by atoms with Crippen molar-refractivity contribution in [1.29, 1.82) is 0 Å². The lowest BCUT2D eigenvalue weighted by Gasteiger charge is -2.31. The van der Waals surface area contributed by atoms with Crippen LogP contribution < -0.4 is 5.73 Å². The highest BCUT2D eigenvalue weighted by Crippen LogP contribution is 2.37. The van der Waals surface area contributed by atoms with Crippen molar-refractivity contribution in [2.75, 3.05) is 6.54 Å². The van der Waals surface area contributed by atoms with E-state index in [4.69, 9.17) is 5.73 Å². The van der Waals surface area contributed by atoms with E-state index in [1.165, 1.54) is 48.6 Å². The average molecular weight is 296 g/mol. The van der Waals surface area contributed by atoms with Gasteiger partial charge in [-0.2, -0.15) is 0 Å². The highest BCUT2D eigenvalue weighted by molar-refractivity contribution is 9.10. The Bertz CT molecular complexity index is 354. The van der Waals surface area contributed by atoms with E-state index in [-0.39, 0.29) is 0 Å². The van der Waals surface area contributed by atoms with Gasteiger partial charge in [0.2, 0.25) is 0 Å². The third-order valence-corrected chi connectivity index (χ3v) is 4.56. The van der Waals surface area contributed by atoms with Gasteiger partial charge in [0.25, 0.3) is 0 Å². The number of hydrogen-bond donors (Lipinski definition) is 1. The maximum Gasteiger partial charge on any atom is 0.0177 e. The van der Waals surface area contributed by atoms with E-state index >= 15 is 0 Å². The van der Waals surface area contributed by atoms with Crippen molar-refractivity contribution in [3.8, 4) is 0 Å². The molecule has 2 N–H and O–H groups in total. The van der Waals surface area contributed by atoms with Gasteiger partial charge in [0, 0.05) is 4.47 Å². The van der Waals surface area contributed by atoms with Crippen LogP contribution in [0.3, 0.4) is 0 Å². The van der Waals surface area contributed by atoms with Gasteiger partial charge < -0.3 is 5.73 Å². The molecule has 0 saturated heterocycles. The van der Waals surface area contributed by atoms with Crippen LogP contribution in [0, 0.1) is 5.41 Å². The summed E-state index contributed by atoms with van der Waals surface area (Å²) in [6, 6.07) is 8.68. The SMILES string of the molecule is NCC1(Cc2cccc(Br)c2)CCCCCC1. The van der Waals surface area contributed by atoms with Gasteiger partial charge in [-0.3, -0.25) is 0 Å². The minimum Gasteiger partial charge on any atom is -0.330 e. The zero-order valence-electron chi connectivity index (χ0n) is 10.4. The summed E-state index contributed by atoms with van der Waals surface area (Å²) in [7, 11) is 0. The Kier molecular flexibility index (Phi) is 4.63. The van der Waals surface area contributed by atoms with Crippen LogP contribution in [0.5, 0.6) is 0 Å². The van der Waals surface area contributed by atoms with Crippen molar-refractivity contribution in [1.82, 2.24) is 0 Å². The first-order chi connectivity index (χ1) is 8.24. The summed E-state index contributed by atoms with van der Waals surface area (Å²) in [5.74, 6) is 0. The van der Waals surface area contributed by atoms with Crippen LogP contribution in [0.4, 0.5) is 0 Å². The summed E-state index contributed by atoms with van der Waals surface area (Å²) in [6.45, 7) is 0.833. The minimum absolute atomic E-state index is 0.358. The maximum absolute atomic E-state index is 6.08. The van der Waals surface area contributed by atoms with Gasteiger partial charge in [0.05, 0.1) is 0 Å². The molecule has 0 heterocycles. The Hall–Kier alpha value is -0.340. The van der Waals surface area contributed by atoms with Crippen molar-refractivity contribution in [2.45, 2.75) is 44.9 Å². The fraction of sp³-hybridized carbons (Fsp3) is 0.600. The second-order valence-corrected chi connectivity index (χ2v) is 6.34. The first-order valence-electron chi connectivity index (χ1n) is 6.69. The Balaban J connectivity index is 2.12. The smallest absolute Gasteiger partial charge is 0.0177 e. The molecule has 1 aliphatic rings. The molecule has 94 valence electrons. The second kappa shape index (κ2) is 6.01. The highest BCUT2D eigenvalue weighted by Gasteiger charge is 2.29. The molecular formula is C15H22BrN. The molecule has 0 radical (unpaired) electrons. The monoisotopic (exact) mass is 295 g/mol. The Labute approximate surface area is 113 Å². The quantitative estimate of drug-likeness (QED) is 0.827. The van der Waals surface area contributed by atoms with Gasteiger partial charge in [-0.05, 0) is 48.9 Å². The molecule has 2 heteroatoms. The molecular weight excluding hydrogens is 274 g/mol. The number of rotatable bonds is 3. The lowest BCUT2D eigenvalue weighted by atomic mass is 9.75. The van der Waals surface area contributed by atoms with Crippen molar-refractivity contribution in [2.24, 2.45) is 11.1 Å². The van der Waals surface area contributed by atoms with Crippen LogP contribution >= 0.6 is 15.9 Å². The van der Waals surface area contributed by atoms with Gasteiger partial charge in [-0.1, -0.05) is 53.7 Å². The van der Waals surface area contributed by atoms with Gasteiger partial charge in [0.1, 0.15) is 0 Å². The van der Waals surface area contributed by atoms with E-state index < -0.39 is 0 Å². The molecule has 1 aliphatic carbocycles. The van der Waals surface area contributed by atoms with E-state index in [0.717, 1.165) is 13.0 Å². The van der Waals surface area contributed by atoms with E-state index in [2.05, 4.69) is 40.2 Å². The van der Waals surface area contributed by atoms with E-state index in [0.29, 0.717) is 5.41 Å². The van der Waals surface area contributed by atoms with E-state index in [1.54, 1.807) is 0 Å². The second-order valence-electron chi connectivity index (χ2n) is 5.43. The lowest BCUT2D eigenvalue weighted by molar-refractivity contribution is 0.252. The molecule has 0 bridgehead atoms. The third kappa shape index (κ3) is 3.56. The molecule has 2 rings (SSSR count). The molecule has 0 spiro atoms. The van der Waals surface area contributed by atoms with Crippen LogP contribution in [0.2, 0.25) is 0 Å². The Morgan fingerprint density at radius 3 is 2.41 bits per heavy atom. The van der Waals surface area contributed by atoms with Gasteiger partial charge >= 0.3 is 0 Å². The number of benzene rings is 1. The molecule has 1 aromatic rings. The standard InChI is InChI=1S/C15H22BrN/c16-14-7-5-6-13(10-14)11-15(12-17)8-3-1-2-4-9-15/h5-7,10H,1-4,8-9,11-12,17H2. The predicted molar refractivity (Wildman–Crippen MR) is 77.0 cm³/mol. The van der Waals surface area contributed by atoms with Gasteiger partial charge in [-0.15, -0.1) is 0 Å². The predicted octanol–water partition coefficient (Wildman–Crippen LogP) is 4.29. The molecule has 0 atom stereocenters. The third-order valence-electron chi connectivity index (χ3n) is 4.07. The molecule has 1 fully saturated rings. The summed E-state index contributed by atoms with van der Waals surface area (Å²) in [5.41, 5.74) is 7.86. The zero-order valence-corrected chi connectivity index (χ0v) is 12.0. The first kappa shape index (κ1) is 13.1. The highest BCUT2D eigenvalue weighted by atomic mass is 79.9. The molecule has 17 heavy (non-hydrogen) atoms. The number of hydrogen-bond acceptors (Lipinski definition) is 1. The molecule has 1 saturated carbocycles. The Morgan fingerprint density at radius 2 is 1.82 bits per heavy atom. The largest absolute Gasteiger partial charge is 0.330 e. The van der Waals surface area contributed by atoms with Crippen molar-refractivity contribution < 1.29 is 0 Å². The minimum atomic E-state index is 0.358. The first-order valence-corrected chi connectivity index (χ1v) is 7.48. The van der Waals surface area contributed by atoms with E-state index in [1.807, 2.05) is 0 Å². The molecule has 1 nitrogen and oxygen atoms in total. The van der Waals surface area contributed by atoms with Crippen molar-refractivity contribution in [3.63, 3.8) is 0 Å². The molecule has 0 aliphatic heterocycles.